The number of aliphatic hydroxyl groups excluding tert-OH is 1. The molecule has 0 aliphatic carbocycles. The van der Waals surface area contributed by atoms with Gasteiger partial charge in [0, 0.05) is 17.4 Å². The maximum Gasteiger partial charge on any atom is 0.322 e. The second-order valence-corrected chi connectivity index (χ2v) is 9.63. The summed E-state index contributed by atoms with van der Waals surface area (Å²) in [6.45, 7) is 1.73. The number of carboxylic acid groups (broad SMARTS) is 2. The molecule has 192 valence electrons. The second kappa shape index (κ2) is 21.0. The molecule has 0 rings (SSSR count). The van der Waals surface area contributed by atoms with Crippen molar-refractivity contribution in [2.24, 2.45) is 5.73 Å². The van der Waals surface area contributed by atoms with Crippen molar-refractivity contribution in [3.63, 3.8) is 0 Å². The molecule has 0 aromatic rings. The number of nitrogens with one attached hydrogen (secondary N) is 1. The Morgan fingerprint density at radius 2 is 1.52 bits per heavy atom. The Bertz CT molecular complexity index is 573. The predicted molar refractivity (Wildman–Crippen MR) is 133 cm³/mol. The van der Waals surface area contributed by atoms with Crippen LogP contribution in [0.2, 0.25) is 0 Å². The van der Waals surface area contributed by atoms with Gasteiger partial charge in [0.1, 0.15) is 6.54 Å². The average Bonchev–Trinajstić information content (AvgIpc) is 2.78. The van der Waals surface area contributed by atoms with Gasteiger partial charge in [0.05, 0.1) is 12.1 Å². The van der Waals surface area contributed by atoms with Crippen LogP contribution in [0.25, 0.3) is 0 Å². The number of hydrogen-bond donors (Lipinski definition) is 5. The van der Waals surface area contributed by atoms with E-state index in [1.807, 2.05) is 12.2 Å². The maximum atomic E-state index is 11.8. The number of carboxylic acids is 2. The summed E-state index contributed by atoms with van der Waals surface area (Å²) in [5.74, 6) is -2.52. The number of allylic oxidation sites excluding steroid dienone is 1. The average molecular weight is 489 g/mol. The van der Waals surface area contributed by atoms with E-state index >= 15 is 0 Å². The molecule has 9 heteroatoms. The Balaban J connectivity index is 4.32. The van der Waals surface area contributed by atoms with Crippen molar-refractivity contribution in [1.29, 1.82) is 0 Å². The number of carbonyl (C=O) groups is 3. The predicted octanol–water partition coefficient (Wildman–Crippen LogP) is 3.71. The molecule has 0 unspecified atom stereocenters. The van der Waals surface area contributed by atoms with Crippen LogP contribution < -0.4 is 11.1 Å². The minimum absolute atomic E-state index is 0.107. The summed E-state index contributed by atoms with van der Waals surface area (Å²) in [6.07, 6.45) is 16.5. The van der Waals surface area contributed by atoms with E-state index in [0.29, 0.717) is 0 Å². The number of carbonyl (C=O) groups excluding carboxylic acids is 1. The number of thioether (sulfide) groups is 1. The van der Waals surface area contributed by atoms with Gasteiger partial charge in [-0.2, -0.15) is 0 Å². The molecule has 0 saturated carbocycles. The summed E-state index contributed by atoms with van der Waals surface area (Å²) in [7, 11) is 0. The smallest absolute Gasteiger partial charge is 0.322 e. The minimum atomic E-state index is -1.15. The van der Waals surface area contributed by atoms with Crippen LogP contribution in [-0.4, -0.2) is 62.9 Å². The van der Waals surface area contributed by atoms with Crippen molar-refractivity contribution < 1.29 is 29.7 Å². The molecule has 0 spiro atoms. The molecule has 6 N–H and O–H groups in total. The first-order valence-electron chi connectivity index (χ1n) is 12.2. The SMILES string of the molecule is CCCCCCCCCCCC/C=C\[C@H](SC[C@H](N)C(=O)NCC(=O)O)[C@@H](O)CCC(=O)O. The molecule has 0 heterocycles. The van der Waals surface area contributed by atoms with Crippen LogP contribution in [0.4, 0.5) is 0 Å². The number of hydrogen-bond acceptors (Lipinski definition) is 6. The van der Waals surface area contributed by atoms with Crippen LogP contribution in [0.3, 0.4) is 0 Å². The van der Waals surface area contributed by atoms with Gasteiger partial charge in [-0.05, 0) is 19.3 Å². The van der Waals surface area contributed by atoms with Gasteiger partial charge in [-0.3, -0.25) is 14.4 Å². The first-order chi connectivity index (χ1) is 15.8. The van der Waals surface area contributed by atoms with Gasteiger partial charge < -0.3 is 26.4 Å². The third-order valence-corrected chi connectivity index (χ3v) is 6.71. The molecule has 0 aromatic carbocycles. The number of amides is 1. The fourth-order valence-corrected chi connectivity index (χ4v) is 4.46. The first kappa shape index (κ1) is 31.4. The van der Waals surface area contributed by atoms with Crippen molar-refractivity contribution in [3.05, 3.63) is 12.2 Å². The van der Waals surface area contributed by atoms with E-state index in [1.165, 1.54) is 63.1 Å². The molecule has 33 heavy (non-hydrogen) atoms. The Morgan fingerprint density at radius 1 is 0.939 bits per heavy atom. The van der Waals surface area contributed by atoms with E-state index < -0.39 is 36.5 Å². The molecule has 0 aromatic heterocycles. The minimum Gasteiger partial charge on any atom is -0.481 e. The van der Waals surface area contributed by atoms with Crippen molar-refractivity contribution in [1.82, 2.24) is 5.32 Å². The van der Waals surface area contributed by atoms with Crippen molar-refractivity contribution in [2.45, 2.75) is 108 Å². The van der Waals surface area contributed by atoms with Crippen LogP contribution in [0, 0.1) is 0 Å². The van der Waals surface area contributed by atoms with Gasteiger partial charge in [0.2, 0.25) is 5.91 Å². The highest BCUT2D eigenvalue weighted by Crippen LogP contribution is 2.21. The number of rotatable bonds is 22. The lowest BCUT2D eigenvalue weighted by molar-refractivity contribution is -0.138. The van der Waals surface area contributed by atoms with E-state index in [1.54, 1.807) is 0 Å². The van der Waals surface area contributed by atoms with Crippen LogP contribution >= 0.6 is 11.8 Å². The van der Waals surface area contributed by atoms with E-state index in [2.05, 4.69) is 12.2 Å². The maximum absolute atomic E-state index is 11.8. The summed E-state index contributed by atoms with van der Waals surface area (Å²) >= 11 is 1.27. The molecule has 0 aliphatic rings. The Morgan fingerprint density at radius 3 is 2.06 bits per heavy atom. The molecule has 0 aliphatic heterocycles. The van der Waals surface area contributed by atoms with Gasteiger partial charge in [0.25, 0.3) is 0 Å². The summed E-state index contributed by atoms with van der Waals surface area (Å²) < 4.78 is 0. The highest BCUT2D eigenvalue weighted by molar-refractivity contribution is 8.00. The van der Waals surface area contributed by atoms with Crippen LogP contribution in [0.5, 0.6) is 0 Å². The normalized spacial score (nSPS) is 14.2. The zero-order chi connectivity index (χ0) is 24.9. The lowest BCUT2D eigenvalue weighted by Crippen LogP contribution is -2.44. The third kappa shape index (κ3) is 19.6. The second-order valence-electron chi connectivity index (χ2n) is 8.41. The lowest BCUT2D eigenvalue weighted by Gasteiger charge is -2.21. The molecule has 8 nitrogen and oxygen atoms in total. The zero-order valence-electron chi connectivity index (χ0n) is 20.0. The monoisotopic (exact) mass is 488 g/mol. The Kier molecular flexibility index (Phi) is 20.0. The Labute approximate surface area is 202 Å². The van der Waals surface area contributed by atoms with Gasteiger partial charge in [-0.25, -0.2) is 0 Å². The number of aliphatic hydroxyl groups is 1. The van der Waals surface area contributed by atoms with Gasteiger partial charge in [0.15, 0.2) is 0 Å². The topological polar surface area (TPSA) is 150 Å². The molecule has 0 radical (unpaired) electrons. The summed E-state index contributed by atoms with van der Waals surface area (Å²) in [4.78, 5) is 33.2. The van der Waals surface area contributed by atoms with Crippen molar-refractivity contribution >= 4 is 29.6 Å². The summed E-state index contributed by atoms with van der Waals surface area (Å²) in [5, 5.41) is 29.8. The van der Waals surface area contributed by atoms with Crippen LogP contribution in [0.1, 0.15) is 90.4 Å². The van der Waals surface area contributed by atoms with Gasteiger partial charge >= 0.3 is 11.9 Å². The zero-order valence-corrected chi connectivity index (χ0v) is 20.9. The summed E-state index contributed by atoms with van der Waals surface area (Å²) in [6, 6.07) is -0.918. The molecule has 0 bridgehead atoms. The number of aliphatic carboxylic acids is 2. The largest absolute Gasteiger partial charge is 0.481 e. The molecule has 0 fully saturated rings. The van der Waals surface area contributed by atoms with E-state index in [4.69, 9.17) is 15.9 Å². The molecule has 1 amide bonds. The fourth-order valence-electron chi connectivity index (χ4n) is 3.29. The van der Waals surface area contributed by atoms with E-state index in [9.17, 15) is 19.5 Å². The number of unbranched alkanes of at least 4 members (excludes halogenated alkanes) is 10. The standard InChI is InChI=1S/C24H44N2O6S/c1-2-3-4-5-6-7-8-9-10-11-12-13-14-21(20(27)15-16-22(28)29)33-18-19(25)24(32)26-17-23(30)31/h13-14,19-21,27H,2-12,15-18,25H2,1H3,(H,26,32)(H,28,29)(H,30,31)/b14-13-/t19-,20-,21-/m0/s1. The lowest BCUT2D eigenvalue weighted by atomic mass is 10.1. The molecular weight excluding hydrogens is 444 g/mol. The summed E-state index contributed by atoms with van der Waals surface area (Å²) in [5.41, 5.74) is 5.82. The third-order valence-electron chi connectivity index (χ3n) is 5.30. The number of nitrogens with two attached hydrogens (primary N) is 1. The van der Waals surface area contributed by atoms with E-state index in [0.717, 1.165) is 19.3 Å². The molecular formula is C24H44N2O6S. The van der Waals surface area contributed by atoms with Crippen molar-refractivity contribution in [2.75, 3.05) is 12.3 Å². The van der Waals surface area contributed by atoms with Gasteiger partial charge in [-0.15, -0.1) is 11.8 Å². The molecule has 0 saturated heterocycles. The van der Waals surface area contributed by atoms with Gasteiger partial charge in [-0.1, -0.05) is 76.9 Å². The van der Waals surface area contributed by atoms with Crippen LogP contribution in [-0.2, 0) is 14.4 Å². The highest BCUT2D eigenvalue weighted by atomic mass is 32.2. The van der Waals surface area contributed by atoms with Crippen molar-refractivity contribution in [3.8, 4) is 0 Å². The first-order valence-corrected chi connectivity index (χ1v) is 13.3. The fraction of sp³-hybridized carbons (Fsp3) is 0.792. The highest BCUT2D eigenvalue weighted by Gasteiger charge is 2.21. The molecule has 3 atom stereocenters. The quantitative estimate of drug-likeness (QED) is 0.114. The Hall–Kier alpha value is -1.58. The van der Waals surface area contributed by atoms with Crippen LogP contribution in [0.15, 0.2) is 12.2 Å². The van der Waals surface area contributed by atoms with E-state index in [-0.39, 0.29) is 23.8 Å².